The maximum absolute atomic E-state index is 13.4. The van der Waals surface area contributed by atoms with Crippen molar-refractivity contribution in [3.63, 3.8) is 0 Å². The molecule has 3 rings (SSSR count). The number of nitrogens with two attached hydrogens (primary N) is 1. The van der Waals surface area contributed by atoms with Gasteiger partial charge in [-0.05, 0) is 38.1 Å². The van der Waals surface area contributed by atoms with Crippen LogP contribution in [0.4, 0.5) is 8.78 Å². The van der Waals surface area contributed by atoms with Crippen molar-refractivity contribution in [2.24, 2.45) is 0 Å². The normalized spacial score (nSPS) is 13.8. The number of carbonyl (C=O) groups excluding carboxylic acids is 1. The van der Waals surface area contributed by atoms with Gasteiger partial charge >= 0.3 is 0 Å². The van der Waals surface area contributed by atoms with E-state index in [2.05, 4.69) is 4.98 Å². The topological polar surface area (TPSA) is 49.5 Å². The Morgan fingerprint density at radius 1 is 1.08 bits per heavy atom. The summed E-state index contributed by atoms with van der Waals surface area (Å²) in [5.74, 6) is -1.74. The number of hydrogen-bond acceptors (Lipinski definition) is 1. The highest BCUT2D eigenvalue weighted by Crippen LogP contribution is 2.19. The Labute approximate surface area is 138 Å². The number of aromatic amines is 1. The van der Waals surface area contributed by atoms with Gasteiger partial charge in [0.05, 0.1) is 0 Å². The van der Waals surface area contributed by atoms with Crippen molar-refractivity contribution in [2.45, 2.75) is 25.9 Å². The number of nitrogens with one attached hydrogen (secondary N) is 1. The van der Waals surface area contributed by atoms with Crippen LogP contribution in [0.25, 0.3) is 10.9 Å². The molecule has 3 nitrogen and oxygen atoms in total. The van der Waals surface area contributed by atoms with Gasteiger partial charge in [-0.25, -0.2) is 8.78 Å². The number of H-pyrrole nitrogens is 1. The molecular weight excluding hydrogens is 310 g/mol. The lowest BCUT2D eigenvalue weighted by Gasteiger charge is -2.16. The summed E-state index contributed by atoms with van der Waals surface area (Å²) in [5.41, 5.74) is 2.21. The van der Waals surface area contributed by atoms with Crippen molar-refractivity contribution in [1.82, 2.24) is 4.98 Å². The number of carbonyl (C=O) groups is 1. The van der Waals surface area contributed by atoms with Gasteiger partial charge in [0.25, 0.3) is 0 Å². The Hall–Kier alpha value is -2.53. The molecule has 0 saturated heterocycles. The molecule has 3 N–H and O–H groups in total. The fraction of sp³-hybridized carbons (Fsp3) is 0.211. The summed E-state index contributed by atoms with van der Waals surface area (Å²) < 4.78 is 26.4. The van der Waals surface area contributed by atoms with Crippen LogP contribution in [0.3, 0.4) is 0 Å². The highest BCUT2D eigenvalue weighted by molar-refractivity contribution is 6.09. The largest absolute Gasteiger partial charge is 0.360 e. The summed E-state index contributed by atoms with van der Waals surface area (Å²) in [6.45, 7) is 3.69. The van der Waals surface area contributed by atoms with Crippen molar-refractivity contribution in [1.29, 1.82) is 0 Å². The molecule has 0 spiro atoms. The van der Waals surface area contributed by atoms with Crippen molar-refractivity contribution >= 4 is 16.7 Å². The van der Waals surface area contributed by atoms with Crippen molar-refractivity contribution in [3.05, 3.63) is 71.4 Å². The number of fused-ring (bicyclic) bond motifs is 1. The maximum Gasteiger partial charge on any atom is 0.221 e. The van der Waals surface area contributed by atoms with Crippen LogP contribution in [0.2, 0.25) is 0 Å². The first kappa shape index (κ1) is 16.3. The molecule has 0 aliphatic heterocycles. The number of para-hydroxylation sites is 1. The van der Waals surface area contributed by atoms with E-state index in [-0.39, 0.29) is 17.9 Å². The van der Waals surface area contributed by atoms with E-state index in [1.54, 1.807) is 12.3 Å². The van der Waals surface area contributed by atoms with Gasteiger partial charge in [0.1, 0.15) is 12.1 Å². The van der Waals surface area contributed by atoms with E-state index >= 15 is 0 Å². The second-order valence-corrected chi connectivity index (χ2v) is 6.06. The van der Waals surface area contributed by atoms with Gasteiger partial charge in [0, 0.05) is 28.2 Å². The predicted octanol–water partition coefficient (Wildman–Crippen LogP) is 3.34. The minimum absolute atomic E-state index is 0.00174. The summed E-state index contributed by atoms with van der Waals surface area (Å²) >= 11 is 0. The Balaban J connectivity index is 1.77. The molecule has 0 saturated carbocycles. The monoisotopic (exact) mass is 329 g/mol. The molecule has 2 aromatic carbocycles. The van der Waals surface area contributed by atoms with Crippen LogP contribution < -0.4 is 5.32 Å². The average molecular weight is 329 g/mol. The Kier molecular flexibility index (Phi) is 4.44. The molecule has 0 fully saturated rings. The van der Waals surface area contributed by atoms with Crippen molar-refractivity contribution in [2.75, 3.05) is 0 Å². The standard InChI is InChI=1S/C19H18F2N2O/c1-11(13-7-8-16(20)17(21)9-13)23-12(2)19(24)15-10-22-18-6-4-3-5-14(15)18/h3-12,22-23H,1-2H3/p+1/t11-,12-/m0/s1. The number of rotatable bonds is 5. The first-order valence-corrected chi connectivity index (χ1v) is 7.87. The third-order valence-corrected chi connectivity index (χ3v) is 4.32. The Bertz CT molecular complexity index is 888. The van der Waals surface area contributed by atoms with Gasteiger partial charge in [0.2, 0.25) is 5.78 Å². The van der Waals surface area contributed by atoms with E-state index in [9.17, 15) is 13.6 Å². The van der Waals surface area contributed by atoms with E-state index in [0.29, 0.717) is 11.1 Å². The van der Waals surface area contributed by atoms with Crippen LogP contribution in [-0.2, 0) is 0 Å². The first-order chi connectivity index (χ1) is 11.5. The number of quaternary nitrogens is 1. The SMILES string of the molecule is C[C@H]([NH2+][C@@H](C)c1ccc(F)c(F)c1)C(=O)c1c[nH]c2ccccc12. The van der Waals surface area contributed by atoms with Crippen LogP contribution in [0.1, 0.15) is 35.8 Å². The molecule has 124 valence electrons. The van der Waals surface area contributed by atoms with E-state index in [4.69, 9.17) is 0 Å². The third-order valence-electron chi connectivity index (χ3n) is 4.32. The van der Waals surface area contributed by atoms with E-state index in [1.807, 2.05) is 43.4 Å². The third kappa shape index (κ3) is 3.08. The molecule has 0 bridgehead atoms. The summed E-state index contributed by atoms with van der Waals surface area (Å²) in [7, 11) is 0. The van der Waals surface area contributed by atoms with Crippen LogP contribution in [0.5, 0.6) is 0 Å². The second-order valence-electron chi connectivity index (χ2n) is 6.06. The molecule has 0 radical (unpaired) electrons. The lowest BCUT2D eigenvalue weighted by molar-refractivity contribution is -0.709. The smallest absolute Gasteiger partial charge is 0.221 e. The number of aromatic nitrogens is 1. The van der Waals surface area contributed by atoms with Gasteiger partial charge in [0.15, 0.2) is 11.6 Å². The molecule has 0 aliphatic rings. The van der Waals surface area contributed by atoms with Crippen LogP contribution in [0.15, 0.2) is 48.7 Å². The molecule has 3 aromatic rings. The lowest BCUT2D eigenvalue weighted by atomic mass is 10.0. The fourth-order valence-corrected chi connectivity index (χ4v) is 2.95. The van der Waals surface area contributed by atoms with Crippen molar-refractivity contribution in [3.8, 4) is 0 Å². The Morgan fingerprint density at radius 3 is 2.58 bits per heavy atom. The zero-order valence-corrected chi connectivity index (χ0v) is 13.5. The Morgan fingerprint density at radius 2 is 1.83 bits per heavy atom. The van der Waals surface area contributed by atoms with Crippen LogP contribution >= 0.6 is 0 Å². The van der Waals surface area contributed by atoms with Gasteiger partial charge in [-0.15, -0.1) is 0 Å². The minimum Gasteiger partial charge on any atom is -0.360 e. The van der Waals surface area contributed by atoms with Crippen molar-refractivity contribution < 1.29 is 18.9 Å². The summed E-state index contributed by atoms with van der Waals surface area (Å²) in [6.07, 6.45) is 1.72. The summed E-state index contributed by atoms with van der Waals surface area (Å²) in [4.78, 5) is 15.8. The summed E-state index contributed by atoms with van der Waals surface area (Å²) in [5, 5.41) is 2.75. The highest BCUT2D eigenvalue weighted by Gasteiger charge is 2.24. The zero-order chi connectivity index (χ0) is 17.3. The molecule has 0 amide bonds. The van der Waals surface area contributed by atoms with Gasteiger partial charge in [-0.2, -0.15) is 0 Å². The molecule has 1 aromatic heterocycles. The molecule has 24 heavy (non-hydrogen) atoms. The quantitative estimate of drug-likeness (QED) is 0.693. The fourth-order valence-electron chi connectivity index (χ4n) is 2.95. The number of Topliss-reactive ketones (excluding diaryl/α,β-unsaturated/α-hetero) is 1. The lowest BCUT2D eigenvalue weighted by Crippen LogP contribution is -2.91. The zero-order valence-electron chi connectivity index (χ0n) is 13.5. The van der Waals surface area contributed by atoms with Gasteiger partial charge in [-0.3, -0.25) is 4.79 Å². The van der Waals surface area contributed by atoms with Crippen LogP contribution in [-0.4, -0.2) is 16.8 Å². The molecule has 2 atom stereocenters. The first-order valence-electron chi connectivity index (χ1n) is 7.87. The molecule has 0 unspecified atom stereocenters. The number of ketones is 1. The second kappa shape index (κ2) is 6.53. The molecule has 5 heteroatoms. The maximum atomic E-state index is 13.4. The molecule has 1 heterocycles. The number of benzene rings is 2. The molecular formula is C19H19F2N2O+. The number of halogens is 2. The van der Waals surface area contributed by atoms with E-state index < -0.39 is 11.6 Å². The highest BCUT2D eigenvalue weighted by atomic mass is 19.2. The predicted molar refractivity (Wildman–Crippen MR) is 88.8 cm³/mol. The number of hydrogen-bond donors (Lipinski definition) is 2. The summed E-state index contributed by atoms with van der Waals surface area (Å²) in [6, 6.07) is 11.0. The van der Waals surface area contributed by atoms with Gasteiger partial charge in [-0.1, -0.05) is 18.2 Å². The van der Waals surface area contributed by atoms with E-state index in [0.717, 1.165) is 17.0 Å². The molecule has 0 aliphatic carbocycles. The van der Waals surface area contributed by atoms with E-state index in [1.165, 1.54) is 6.07 Å². The minimum atomic E-state index is -0.872. The average Bonchev–Trinajstić information content (AvgIpc) is 3.00. The van der Waals surface area contributed by atoms with Gasteiger partial charge < -0.3 is 10.3 Å². The van der Waals surface area contributed by atoms with Crippen LogP contribution in [0, 0.1) is 11.6 Å².